The van der Waals surface area contributed by atoms with E-state index in [4.69, 9.17) is 15.2 Å². The molecule has 0 atom stereocenters. The first-order valence-electron chi connectivity index (χ1n) is 5.75. The summed E-state index contributed by atoms with van der Waals surface area (Å²) < 4.78 is 10.0. The molecule has 0 saturated carbocycles. The number of primary amides is 1. The molecule has 0 spiro atoms. The molecule has 0 aromatic heterocycles. The molecule has 0 saturated heterocycles. The first-order valence-corrected chi connectivity index (χ1v) is 5.75. The monoisotopic (exact) mass is 263 g/mol. The molecule has 0 fully saturated rings. The Morgan fingerprint density at radius 1 is 1.16 bits per heavy atom. The minimum atomic E-state index is -0.757. The molecule has 1 aromatic rings. The van der Waals surface area contributed by atoms with Gasteiger partial charge in [0.15, 0.2) is 0 Å². The van der Waals surface area contributed by atoms with Crippen LogP contribution in [0.1, 0.15) is 26.3 Å². The van der Waals surface area contributed by atoms with Crippen molar-refractivity contribution in [3.05, 3.63) is 35.9 Å². The van der Waals surface area contributed by atoms with Crippen molar-refractivity contribution in [3.8, 4) is 5.75 Å². The molecule has 1 aromatic carbocycles. The van der Waals surface area contributed by atoms with Gasteiger partial charge in [-0.25, -0.2) is 4.79 Å². The minimum absolute atomic E-state index is 0.366. The highest BCUT2D eigenvalue weighted by molar-refractivity contribution is 5.90. The van der Waals surface area contributed by atoms with Gasteiger partial charge in [0.1, 0.15) is 11.4 Å². The van der Waals surface area contributed by atoms with Gasteiger partial charge in [0.05, 0.1) is 0 Å². The average molecular weight is 263 g/mol. The molecule has 19 heavy (non-hydrogen) atoms. The van der Waals surface area contributed by atoms with Gasteiger partial charge in [0.2, 0.25) is 5.91 Å². The van der Waals surface area contributed by atoms with Crippen LogP contribution in [0.25, 0.3) is 6.08 Å². The van der Waals surface area contributed by atoms with Gasteiger partial charge in [0.25, 0.3) is 0 Å². The lowest BCUT2D eigenvalue weighted by Crippen LogP contribution is -2.25. The van der Waals surface area contributed by atoms with Crippen molar-refractivity contribution in [2.45, 2.75) is 26.4 Å². The highest BCUT2D eigenvalue weighted by atomic mass is 16.7. The van der Waals surface area contributed by atoms with Crippen LogP contribution >= 0.6 is 0 Å². The van der Waals surface area contributed by atoms with Crippen LogP contribution in [-0.2, 0) is 9.53 Å². The zero-order valence-corrected chi connectivity index (χ0v) is 11.2. The van der Waals surface area contributed by atoms with E-state index in [9.17, 15) is 9.59 Å². The van der Waals surface area contributed by atoms with E-state index in [1.54, 1.807) is 51.1 Å². The Hall–Kier alpha value is -2.30. The Balaban J connectivity index is 2.62. The Bertz CT molecular complexity index is 483. The molecule has 0 aliphatic rings. The summed E-state index contributed by atoms with van der Waals surface area (Å²) in [7, 11) is 0. The summed E-state index contributed by atoms with van der Waals surface area (Å²) in [5.41, 5.74) is 5.16. The van der Waals surface area contributed by atoms with E-state index in [2.05, 4.69) is 0 Å². The summed E-state index contributed by atoms with van der Waals surface area (Å²) in [5.74, 6) is -0.153. The van der Waals surface area contributed by atoms with Crippen molar-refractivity contribution in [3.63, 3.8) is 0 Å². The predicted molar refractivity (Wildman–Crippen MR) is 71.5 cm³/mol. The summed E-state index contributed by atoms with van der Waals surface area (Å²) in [5, 5.41) is 0. The second-order valence-corrected chi connectivity index (χ2v) is 4.87. The molecule has 0 unspecified atom stereocenters. The average Bonchev–Trinajstić information content (AvgIpc) is 2.25. The van der Waals surface area contributed by atoms with Crippen molar-refractivity contribution in [2.75, 3.05) is 0 Å². The number of carbonyl (C=O) groups excluding carboxylic acids is 2. The number of amides is 1. The normalized spacial score (nSPS) is 11.3. The van der Waals surface area contributed by atoms with Gasteiger partial charge in [-0.15, -0.1) is 0 Å². The van der Waals surface area contributed by atoms with E-state index >= 15 is 0 Å². The van der Waals surface area contributed by atoms with Crippen molar-refractivity contribution in [1.82, 2.24) is 0 Å². The highest BCUT2D eigenvalue weighted by Crippen LogP contribution is 2.15. The third kappa shape index (κ3) is 6.26. The largest absolute Gasteiger partial charge is 0.514 e. The first-order chi connectivity index (χ1) is 8.76. The molecule has 1 rings (SSSR count). The van der Waals surface area contributed by atoms with Crippen LogP contribution in [0, 0.1) is 0 Å². The summed E-state index contributed by atoms with van der Waals surface area (Å²) in [6, 6.07) is 6.59. The lowest BCUT2D eigenvalue weighted by Gasteiger charge is -2.18. The van der Waals surface area contributed by atoms with Crippen LogP contribution in [0.3, 0.4) is 0 Å². The fourth-order valence-corrected chi connectivity index (χ4v) is 1.19. The molecular weight excluding hydrogens is 246 g/mol. The van der Waals surface area contributed by atoms with Gasteiger partial charge < -0.3 is 15.2 Å². The number of nitrogens with two attached hydrogens (primary N) is 1. The Morgan fingerprint density at radius 2 is 1.74 bits per heavy atom. The van der Waals surface area contributed by atoms with Gasteiger partial charge >= 0.3 is 6.16 Å². The van der Waals surface area contributed by atoms with Crippen LogP contribution in [0.4, 0.5) is 4.79 Å². The van der Waals surface area contributed by atoms with Crippen LogP contribution in [0.2, 0.25) is 0 Å². The number of ether oxygens (including phenoxy) is 2. The first kappa shape index (κ1) is 14.8. The standard InChI is InChI=1S/C14H17NO4/c1-14(2,3)19-13(17)18-11-7-4-10(5-8-11)6-9-12(15)16/h4-9H,1-3H3,(H2,15,16)/b9-6-. The molecule has 2 N–H and O–H groups in total. The molecule has 5 nitrogen and oxygen atoms in total. The molecule has 0 heterocycles. The van der Waals surface area contributed by atoms with Gasteiger partial charge in [-0.2, -0.15) is 0 Å². The van der Waals surface area contributed by atoms with Gasteiger partial charge in [0, 0.05) is 6.08 Å². The van der Waals surface area contributed by atoms with Crippen LogP contribution in [0.5, 0.6) is 5.75 Å². The van der Waals surface area contributed by atoms with E-state index in [1.807, 2.05) is 0 Å². The zero-order valence-electron chi connectivity index (χ0n) is 11.2. The van der Waals surface area contributed by atoms with Crippen LogP contribution in [-0.4, -0.2) is 17.7 Å². The Kier molecular flexibility index (Phi) is 4.69. The molecular formula is C14H17NO4. The predicted octanol–water partition coefficient (Wildman–Crippen LogP) is 2.50. The molecule has 5 heteroatoms. The Morgan fingerprint density at radius 3 is 2.21 bits per heavy atom. The molecule has 0 radical (unpaired) electrons. The summed E-state index contributed by atoms with van der Waals surface area (Å²) >= 11 is 0. The lowest BCUT2D eigenvalue weighted by atomic mass is 10.2. The maximum atomic E-state index is 11.4. The number of carbonyl (C=O) groups is 2. The van der Waals surface area contributed by atoms with Gasteiger partial charge in [-0.05, 0) is 44.5 Å². The third-order valence-corrected chi connectivity index (χ3v) is 1.91. The molecule has 0 bridgehead atoms. The van der Waals surface area contributed by atoms with E-state index in [1.165, 1.54) is 6.08 Å². The maximum absolute atomic E-state index is 11.4. The van der Waals surface area contributed by atoms with Crippen molar-refractivity contribution >= 4 is 18.1 Å². The maximum Gasteiger partial charge on any atom is 0.514 e. The summed E-state index contributed by atoms with van der Waals surface area (Å²) in [6.45, 7) is 5.27. The van der Waals surface area contributed by atoms with Gasteiger partial charge in [-0.3, -0.25) is 4.79 Å². The zero-order chi connectivity index (χ0) is 14.5. The second kappa shape index (κ2) is 6.04. The number of benzene rings is 1. The summed E-state index contributed by atoms with van der Waals surface area (Å²) in [4.78, 5) is 22.0. The quantitative estimate of drug-likeness (QED) is 0.516. The number of hydrogen-bond acceptors (Lipinski definition) is 4. The molecule has 102 valence electrons. The van der Waals surface area contributed by atoms with Crippen molar-refractivity contribution in [1.29, 1.82) is 0 Å². The molecule has 0 aliphatic heterocycles. The lowest BCUT2D eigenvalue weighted by molar-refractivity contribution is -0.113. The van der Waals surface area contributed by atoms with Crippen LogP contribution in [0.15, 0.2) is 30.3 Å². The number of rotatable bonds is 3. The third-order valence-electron chi connectivity index (χ3n) is 1.91. The van der Waals surface area contributed by atoms with E-state index < -0.39 is 17.7 Å². The second-order valence-electron chi connectivity index (χ2n) is 4.87. The summed E-state index contributed by atoms with van der Waals surface area (Å²) in [6.07, 6.45) is 2.07. The molecule has 1 amide bonds. The van der Waals surface area contributed by atoms with Crippen molar-refractivity contribution in [2.24, 2.45) is 5.73 Å². The Labute approximate surface area is 112 Å². The fraction of sp³-hybridized carbons (Fsp3) is 0.286. The van der Waals surface area contributed by atoms with Gasteiger partial charge in [-0.1, -0.05) is 12.1 Å². The fourth-order valence-electron chi connectivity index (χ4n) is 1.19. The topological polar surface area (TPSA) is 78.6 Å². The van der Waals surface area contributed by atoms with Crippen molar-refractivity contribution < 1.29 is 19.1 Å². The van der Waals surface area contributed by atoms with E-state index in [-0.39, 0.29) is 0 Å². The van der Waals surface area contributed by atoms with E-state index in [0.29, 0.717) is 5.75 Å². The van der Waals surface area contributed by atoms with Crippen LogP contribution < -0.4 is 10.5 Å². The van der Waals surface area contributed by atoms with E-state index in [0.717, 1.165) is 5.56 Å². The number of hydrogen-bond donors (Lipinski definition) is 1. The molecule has 0 aliphatic carbocycles. The highest BCUT2D eigenvalue weighted by Gasteiger charge is 2.17. The smallest absolute Gasteiger partial charge is 0.428 e. The SMILES string of the molecule is CC(C)(C)OC(=O)Oc1ccc(/C=C\C(N)=O)cc1. The minimum Gasteiger partial charge on any atom is -0.428 e.